The minimum atomic E-state index is -0.171. The highest BCUT2D eigenvalue weighted by atomic mass is 32.2. The third-order valence-electron chi connectivity index (χ3n) is 5.64. The van der Waals surface area contributed by atoms with Crippen LogP contribution >= 0.6 is 11.8 Å². The first kappa shape index (κ1) is 23.4. The highest BCUT2D eigenvalue weighted by Crippen LogP contribution is 2.51. The fraction of sp³-hybridized carbons (Fsp3) is 0.481. The van der Waals surface area contributed by atoms with E-state index in [0.29, 0.717) is 19.4 Å². The summed E-state index contributed by atoms with van der Waals surface area (Å²) in [4.78, 5) is 17.4. The monoisotopic (exact) mass is 435 g/mol. The van der Waals surface area contributed by atoms with Gasteiger partial charge in [-0.05, 0) is 72.4 Å². The molecule has 1 aliphatic heterocycles. The third kappa shape index (κ3) is 5.92. The SMILES string of the molecule is CCOC(=O)CCc1ccc(C#Cc2cc3c(cc2CC)SC(C)(C)CC3(C)C)nc1. The summed E-state index contributed by atoms with van der Waals surface area (Å²) in [5, 5.41) is 0. The largest absolute Gasteiger partial charge is 0.466 e. The molecule has 0 spiro atoms. The maximum Gasteiger partial charge on any atom is 0.306 e. The minimum absolute atomic E-state index is 0.131. The molecule has 4 heteroatoms. The molecule has 0 fully saturated rings. The molecule has 0 saturated heterocycles. The van der Waals surface area contributed by atoms with Gasteiger partial charge in [0.25, 0.3) is 0 Å². The number of hydrogen-bond donors (Lipinski definition) is 0. The second kappa shape index (κ2) is 9.49. The molecule has 1 aliphatic rings. The smallest absolute Gasteiger partial charge is 0.306 e. The van der Waals surface area contributed by atoms with Gasteiger partial charge in [-0.3, -0.25) is 4.79 Å². The number of esters is 1. The average molecular weight is 436 g/mol. The third-order valence-corrected chi connectivity index (χ3v) is 6.90. The molecule has 2 heterocycles. The van der Waals surface area contributed by atoms with Gasteiger partial charge in [0.15, 0.2) is 0 Å². The number of fused-ring (bicyclic) bond motifs is 1. The topological polar surface area (TPSA) is 39.2 Å². The number of ether oxygens (including phenoxy) is 1. The second-order valence-electron chi connectivity index (χ2n) is 9.39. The van der Waals surface area contributed by atoms with Crippen LogP contribution in [0.15, 0.2) is 35.4 Å². The fourth-order valence-electron chi connectivity index (χ4n) is 4.39. The zero-order valence-electron chi connectivity index (χ0n) is 19.6. The summed E-state index contributed by atoms with van der Waals surface area (Å²) >= 11 is 1.99. The molecule has 3 nitrogen and oxygen atoms in total. The van der Waals surface area contributed by atoms with Gasteiger partial charge < -0.3 is 4.74 Å². The Balaban J connectivity index is 1.82. The summed E-state index contributed by atoms with van der Waals surface area (Å²) in [7, 11) is 0. The Morgan fingerprint density at radius 1 is 1.16 bits per heavy atom. The van der Waals surface area contributed by atoms with Crippen molar-refractivity contribution in [3.63, 3.8) is 0 Å². The van der Waals surface area contributed by atoms with Crippen LogP contribution in [0.5, 0.6) is 0 Å². The number of carbonyl (C=O) groups excluding carboxylic acids is 1. The molecule has 0 bridgehead atoms. The molecule has 1 aromatic heterocycles. The molecule has 0 saturated carbocycles. The zero-order chi connectivity index (χ0) is 22.6. The Morgan fingerprint density at radius 3 is 2.58 bits per heavy atom. The Morgan fingerprint density at radius 2 is 1.94 bits per heavy atom. The van der Waals surface area contributed by atoms with Crippen molar-refractivity contribution in [2.45, 2.75) is 82.3 Å². The zero-order valence-corrected chi connectivity index (χ0v) is 20.4. The molecule has 1 aromatic carbocycles. The first-order chi connectivity index (χ1) is 14.6. The van der Waals surface area contributed by atoms with Crippen molar-refractivity contribution >= 4 is 17.7 Å². The molecule has 0 N–H and O–H groups in total. The van der Waals surface area contributed by atoms with Gasteiger partial charge in [0, 0.05) is 27.8 Å². The Labute approximate surface area is 191 Å². The molecule has 164 valence electrons. The van der Waals surface area contributed by atoms with Crippen LogP contribution < -0.4 is 0 Å². The quantitative estimate of drug-likeness (QED) is 0.421. The van der Waals surface area contributed by atoms with Gasteiger partial charge in [-0.25, -0.2) is 4.98 Å². The van der Waals surface area contributed by atoms with E-state index in [-0.39, 0.29) is 16.1 Å². The van der Waals surface area contributed by atoms with E-state index in [2.05, 4.69) is 63.6 Å². The number of hydrogen-bond acceptors (Lipinski definition) is 4. The molecule has 31 heavy (non-hydrogen) atoms. The van der Waals surface area contributed by atoms with Gasteiger partial charge in [0.05, 0.1) is 6.61 Å². The van der Waals surface area contributed by atoms with Gasteiger partial charge in [0.1, 0.15) is 5.69 Å². The van der Waals surface area contributed by atoms with Gasteiger partial charge in [-0.2, -0.15) is 0 Å². The van der Waals surface area contributed by atoms with Crippen LogP contribution in [0.2, 0.25) is 0 Å². The minimum Gasteiger partial charge on any atom is -0.466 e. The summed E-state index contributed by atoms with van der Waals surface area (Å²) in [6, 6.07) is 8.57. The summed E-state index contributed by atoms with van der Waals surface area (Å²) in [6.45, 7) is 13.8. The molecule has 0 amide bonds. The van der Waals surface area contributed by atoms with Gasteiger partial charge in [-0.15, -0.1) is 11.8 Å². The number of thioether (sulfide) groups is 1. The van der Waals surface area contributed by atoms with Crippen LogP contribution in [0, 0.1) is 11.8 Å². The number of pyridine rings is 1. The maximum atomic E-state index is 11.5. The summed E-state index contributed by atoms with van der Waals surface area (Å²) < 4.78 is 5.22. The molecular formula is C27H33NO2S. The normalized spacial score (nSPS) is 16.1. The molecule has 0 atom stereocenters. The van der Waals surface area contributed by atoms with E-state index in [9.17, 15) is 4.79 Å². The van der Waals surface area contributed by atoms with Gasteiger partial charge >= 0.3 is 5.97 Å². The number of carbonyl (C=O) groups is 1. The van der Waals surface area contributed by atoms with Crippen LogP contribution in [0.4, 0.5) is 0 Å². The summed E-state index contributed by atoms with van der Waals surface area (Å²) in [6.07, 6.45) is 4.91. The lowest BCUT2D eigenvalue weighted by Crippen LogP contribution is -2.33. The van der Waals surface area contributed by atoms with E-state index >= 15 is 0 Å². The van der Waals surface area contributed by atoms with Crippen molar-refractivity contribution < 1.29 is 9.53 Å². The van der Waals surface area contributed by atoms with Crippen LogP contribution in [0.25, 0.3) is 0 Å². The predicted octanol–water partition coefficient (Wildman–Crippen LogP) is 6.09. The lowest BCUT2D eigenvalue weighted by Gasteiger charge is -2.42. The highest BCUT2D eigenvalue weighted by molar-refractivity contribution is 8.00. The van der Waals surface area contributed by atoms with Crippen molar-refractivity contribution in [2.24, 2.45) is 0 Å². The Hall–Kier alpha value is -2.25. The summed E-state index contributed by atoms with van der Waals surface area (Å²) in [5.41, 5.74) is 5.69. The van der Waals surface area contributed by atoms with Crippen LogP contribution in [-0.2, 0) is 27.8 Å². The van der Waals surface area contributed by atoms with E-state index in [1.807, 2.05) is 30.8 Å². The molecule has 0 aliphatic carbocycles. The first-order valence-electron chi connectivity index (χ1n) is 11.1. The van der Waals surface area contributed by atoms with E-state index in [1.54, 1.807) is 6.20 Å². The van der Waals surface area contributed by atoms with Crippen molar-refractivity contribution in [3.8, 4) is 11.8 Å². The van der Waals surface area contributed by atoms with Crippen molar-refractivity contribution in [3.05, 3.63) is 58.4 Å². The Bertz CT molecular complexity index is 1010. The summed E-state index contributed by atoms with van der Waals surface area (Å²) in [5.74, 6) is 6.45. The maximum absolute atomic E-state index is 11.5. The molecular weight excluding hydrogens is 402 g/mol. The lowest BCUT2D eigenvalue weighted by molar-refractivity contribution is -0.143. The Kier molecular flexibility index (Phi) is 7.17. The van der Waals surface area contributed by atoms with Gasteiger partial charge in [-0.1, -0.05) is 46.6 Å². The van der Waals surface area contributed by atoms with Crippen molar-refractivity contribution in [1.29, 1.82) is 0 Å². The number of nitrogens with zero attached hydrogens (tertiary/aromatic N) is 1. The molecule has 3 rings (SSSR count). The predicted molar refractivity (Wildman–Crippen MR) is 129 cm³/mol. The van der Waals surface area contributed by atoms with Crippen LogP contribution in [0.3, 0.4) is 0 Å². The molecule has 2 aromatic rings. The fourth-order valence-corrected chi connectivity index (χ4v) is 6.07. The van der Waals surface area contributed by atoms with E-state index in [4.69, 9.17) is 4.74 Å². The van der Waals surface area contributed by atoms with E-state index < -0.39 is 0 Å². The van der Waals surface area contributed by atoms with Crippen LogP contribution in [-0.4, -0.2) is 22.3 Å². The lowest BCUT2D eigenvalue weighted by atomic mass is 9.76. The first-order valence-corrected chi connectivity index (χ1v) is 11.9. The number of aromatic nitrogens is 1. The molecule has 0 radical (unpaired) electrons. The highest BCUT2D eigenvalue weighted by Gasteiger charge is 2.38. The van der Waals surface area contributed by atoms with Crippen molar-refractivity contribution in [2.75, 3.05) is 6.61 Å². The van der Waals surface area contributed by atoms with E-state index in [0.717, 1.165) is 29.7 Å². The molecule has 0 unspecified atom stereocenters. The van der Waals surface area contributed by atoms with Gasteiger partial charge in [0.2, 0.25) is 0 Å². The van der Waals surface area contributed by atoms with Crippen LogP contribution in [0.1, 0.15) is 82.3 Å². The number of benzene rings is 1. The van der Waals surface area contributed by atoms with Crippen molar-refractivity contribution in [1.82, 2.24) is 4.98 Å². The number of aryl methyl sites for hydroxylation is 2. The number of rotatable bonds is 5. The standard InChI is InChI=1S/C27H33NO2S/c1-7-20-16-24-23(26(3,4)18-27(5,6)31-24)15-21(20)11-13-22-12-9-19(17-28-22)10-14-25(29)30-8-2/h9,12,15-17H,7-8,10,14,18H2,1-6H3. The second-order valence-corrected chi connectivity index (χ2v) is 11.1. The average Bonchev–Trinajstić information content (AvgIpc) is 2.70. The van der Waals surface area contributed by atoms with E-state index in [1.165, 1.54) is 16.0 Å².